The number of hydrogen-bond acceptors (Lipinski definition) is 2. The van der Waals surface area contributed by atoms with Gasteiger partial charge in [0, 0.05) is 6.07 Å². The first-order chi connectivity index (χ1) is 8.60. The Balaban J connectivity index is 2.32. The molecular weight excluding hydrogens is 236 g/mol. The van der Waals surface area contributed by atoms with Gasteiger partial charge in [0.15, 0.2) is 11.6 Å². The maximum Gasteiger partial charge on any atom is 0.165 e. The van der Waals surface area contributed by atoms with Gasteiger partial charge in [-0.2, -0.15) is 5.26 Å². The third-order valence-corrected chi connectivity index (χ3v) is 2.44. The molecule has 0 N–H and O–H groups in total. The third kappa shape index (κ3) is 2.46. The molecule has 0 fully saturated rings. The summed E-state index contributed by atoms with van der Waals surface area (Å²) in [6, 6.07) is 9.72. The summed E-state index contributed by atoms with van der Waals surface area (Å²) in [5, 5.41) is 8.78. The zero-order valence-corrected chi connectivity index (χ0v) is 9.58. The van der Waals surface area contributed by atoms with Gasteiger partial charge in [-0.25, -0.2) is 8.78 Å². The molecule has 18 heavy (non-hydrogen) atoms. The molecule has 0 atom stereocenters. The largest absolute Gasteiger partial charge is 0.454 e. The van der Waals surface area contributed by atoms with Crippen molar-refractivity contribution in [2.24, 2.45) is 0 Å². The Labute approximate surface area is 103 Å². The highest BCUT2D eigenvalue weighted by Gasteiger charge is 2.07. The predicted molar refractivity (Wildman–Crippen MR) is 62.3 cm³/mol. The molecule has 0 aliphatic heterocycles. The average Bonchev–Trinajstić information content (AvgIpc) is 2.34. The van der Waals surface area contributed by atoms with Crippen molar-refractivity contribution in [3.8, 4) is 17.6 Å². The van der Waals surface area contributed by atoms with E-state index in [1.807, 2.05) is 6.07 Å². The number of halogens is 2. The van der Waals surface area contributed by atoms with Crippen LogP contribution in [0.4, 0.5) is 8.78 Å². The third-order valence-electron chi connectivity index (χ3n) is 2.44. The fourth-order valence-electron chi connectivity index (χ4n) is 1.51. The van der Waals surface area contributed by atoms with Gasteiger partial charge in [-0.15, -0.1) is 0 Å². The van der Waals surface area contributed by atoms with Crippen molar-refractivity contribution in [2.75, 3.05) is 0 Å². The molecule has 0 aromatic heterocycles. The summed E-state index contributed by atoms with van der Waals surface area (Å²) in [5.74, 6) is -1.04. The first kappa shape index (κ1) is 12.1. The average molecular weight is 245 g/mol. The highest BCUT2D eigenvalue weighted by Crippen LogP contribution is 2.26. The van der Waals surface area contributed by atoms with E-state index in [9.17, 15) is 8.78 Å². The number of rotatable bonds is 2. The van der Waals surface area contributed by atoms with Crippen molar-refractivity contribution in [2.45, 2.75) is 6.92 Å². The summed E-state index contributed by atoms with van der Waals surface area (Å²) in [4.78, 5) is 0. The van der Waals surface area contributed by atoms with Gasteiger partial charge in [-0.3, -0.25) is 0 Å². The van der Waals surface area contributed by atoms with E-state index in [4.69, 9.17) is 10.00 Å². The van der Waals surface area contributed by atoms with Gasteiger partial charge in [-0.05, 0) is 42.8 Å². The summed E-state index contributed by atoms with van der Waals surface area (Å²) in [7, 11) is 0. The van der Waals surface area contributed by atoms with Crippen LogP contribution in [-0.2, 0) is 0 Å². The van der Waals surface area contributed by atoms with Crippen LogP contribution in [0.25, 0.3) is 0 Å². The molecule has 0 bridgehead atoms. The lowest BCUT2D eigenvalue weighted by molar-refractivity contribution is 0.436. The fourth-order valence-corrected chi connectivity index (χ4v) is 1.51. The molecule has 2 aromatic rings. The molecule has 0 amide bonds. The van der Waals surface area contributed by atoms with E-state index in [-0.39, 0.29) is 5.75 Å². The van der Waals surface area contributed by atoms with E-state index in [0.29, 0.717) is 16.9 Å². The maximum absolute atomic E-state index is 13.4. The summed E-state index contributed by atoms with van der Waals surface area (Å²) in [5.41, 5.74) is 1.23. The quantitative estimate of drug-likeness (QED) is 0.802. The van der Waals surface area contributed by atoms with Gasteiger partial charge in [0.05, 0.1) is 11.6 Å². The van der Waals surface area contributed by atoms with E-state index in [2.05, 4.69) is 0 Å². The first-order valence-corrected chi connectivity index (χ1v) is 5.24. The minimum Gasteiger partial charge on any atom is -0.454 e. The Kier molecular flexibility index (Phi) is 3.24. The molecule has 0 heterocycles. The van der Waals surface area contributed by atoms with E-state index in [1.165, 1.54) is 6.07 Å². The van der Waals surface area contributed by atoms with E-state index in [0.717, 1.165) is 18.2 Å². The van der Waals surface area contributed by atoms with Crippen LogP contribution in [0.1, 0.15) is 11.1 Å². The number of aryl methyl sites for hydroxylation is 1. The number of benzene rings is 2. The maximum atomic E-state index is 13.4. The Bertz CT molecular complexity index is 632. The Hall–Kier alpha value is -2.41. The lowest BCUT2D eigenvalue weighted by Gasteiger charge is -2.08. The second-order valence-corrected chi connectivity index (χ2v) is 3.77. The standard InChI is InChI=1S/C14H9F2NO/c1-9-6-12(4-2-10(9)8-17)18-14-7-11(15)3-5-13(14)16/h2-7H,1H3. The molecule has 90 valence electrons. The van der Waals surface area contributed by atoms with Crippen LogP contribution < -0.4 is 4.74 Å². The van der Waals surface area contributed by atoms with Gasteiger partial charge in [0.2, 0.25) is 0 Å². The van der Waals surface area contributed by atoms with Crippen LogP contribution in [-0.4, -0.2) is 0 Å². The lowest BCUT2D eigenvalue weighted by atomic mass is 10.1. The van der Waals surface area contributed by atoms with Crippen molar-refractivity contribution < 1.29 is 13.5 Å². The zero-order valence-electron chi connectivity index (χ0n) is 9.58. The number of nitrogens with zero attached hydrogens (tertiary/aromatic N) is 1. The van der Waals surface area contributed by atoms with Gasteiger partial charge < -0.3 is 4.74 Å². The second-order valence-electron chi connectivity index (χ2n) is 3.77. The van der Waals surface area contributed by atoms with Crippen LogP contribution in [0.15, 0.2) is 36.4 Å². The first-order valence-electron chi connectivity index (χ1n) is 5.24. The van der Waals surface area contributed by atoms with Crippen molar-refractivity contribution in [3.05, 3.63) is 59.2 Å². The molecule has 0 aliphatic carbocycles. The molecule has 2 rings (SSSR count). The number of hydrogen-bond donors (Lipinski definition) is 0. The fraction of sp³-hybridized carbons (Fsp3) is 0.0714. The molecule has 2 nitrogen and oxygen atoms in total. The zero-order chi connectivity index (χ0) is 13.1. The minimum atomic E-state index is -0.640. The van der Waals surface area contributed by atoms with E-state index < -0.39 is 11.6 Å². The topological polar surface area (TPSA) is 33.0 Å². The van der Waals surface area contributed by atoms with Gasteiger partial charge in [0.1, 0.15) is 11.6 Å². The molecule has 0 spiro atoms. The lowest BCUT2D eigenvalue weighted by Crippen LogP contribution is -1.91. The van der Waals surface area contributed by atoms with Crippen molar-refractivity contribution in [1.29, 1.82) is 5.26 Å². The van der Waals surface area contributed by atoms with E-state index in [1.54, 1.807) is 19.1 Å². The smallest absolute Gasteiger partial charge is 0.165 e. The summed E-state index contributed by atoms with van der Waals surface area (Å²) in [6.45, 7) is 1.74. The molecule has 4 heteroatoms. The van der Waals surface area contributed by atoms with Gasteiger partial charge >= 0.3 is 0 Å². The minimum absolute atomic E-state index is 0.181. The molecule has 0 aliphatic rings. The highest BCUT2D eigenvalue weighted by atomic mass is 19.1. The number of ether oxygens (including phenoxy) is 1. The molecule has 0 saturated heterocycles. The monoisotopic (exact) mass is 245 g/mol. The van der Waals surface area contributed by atoms with Crippen molar-refractivity contribution in [3.63, 3.8) is 0 Å². The summed E-state index contributed by atoms with van der Waals surface area (Å²) < 4.78 is 31.6. The van der Waals surface area contributed by atoms with Gasteiger partial charge in [0.25, 0.3) is 0 Å². The Morgan fingerprint density at radius 2 is 1.89 bits per heavy atom. The Morgan fingerprint density at radius 1 is 1.11 bits per heavy atom. The van der Waals surface area contributed by atoms with Crippen LogP contribution in [0, 0.1) is 29.9 Å². The highest BCUT2D eigenvalue weighted by molar-refractivity contribution is 5.43. The summed E-state index contributed by atoms with van der Waals surface area (Å²) in [6.07, 6.45) is 0. The van der Waals surface area contributed by atoms with E-state index >= 15 is 0 Å². The SMILES string of the molecule is Cc1cc(Oc2cc(F)ccc2F)ccc1C#N. The molecule has 0 radical (unpaired) electrons. The normalized spacial score (nSPS) is 9.89. The second kappa shape index (κ2) is 4.84. The summed E-state index contributed by atoms with van der Waals surface area (Å²) >= 11 is 0. The van der Waals surface area contributed by atoms with Crippen LogP contribution in [0.3, 0.4) is 0 Å². The molecular formula is C14H9F2NO. The predicted octanol–water partition coefficient (Wildman–Crippen LogP) is 3.94. The molecule has 0 unspecified atom stereocenters. The number of nitriles is 1. The van der Waals surface area contributed by atoms with Crippen molar-refractivity contribution >= 4 is 0 Å². The van der Waals surface area contributed by atoms with Crippen molar-refractivity contribution in [1.82, 2.24) is 0 Å². The van der Waals surface area contributed by atoms with Gasteiger partial charge in [-0.1, -0.05) is 0 Å². The van der Waals surface area contributed by atoms with Crippen LogP contribution in [0.2, 0.25) is 0 Å². The van der Waals surface area contributed by atoms with Crippen LogP contribution >= 0.6 is 0 Å². The van der Waals surface area contributed by atoms with Crippen LogP contribution in [0.5, 0.6) is 11.5 Å². The Morgan fingerprint density at radius 3 is 2.56 bits per heavy atom. The molecule has 2 aromatic carbocycles. The molecule has 0 saturated carbocycles.